The highest BCUT2D eigenvalue weighted by molar-refractivity contribution is 5.99. The van der Waals surface area contributed by atoms with Gasteiger partial charge in [0.15, 0.2) is 0 Å². The second kappa shape index (κ2) is 6.36. The van der Waals surface area contributed by atoms with Crippen LogP contribution in [0.2, 0.25) is 0 Å². The Hall–Kier alpha value is -1.85. The third-order valence-electron chi connectivity index (χ3n) is 2.93. The van der Waals surface area contributed by atoms with Crippen molar-refractivity contribution in [1.29, 1.82) is 0 Å². The summed E-state index contributed by atoms with van der Waals surface area (Å²) in [5, 5.41) is 12.1. The van der Waals surface area contributed by atoms with E-state index in [-0.39, 0.29) is 11.8 Å². The summed E-state index contributed by atoms with van der Waals surface area (Å²) in [6, 6.07) is -0.522. The fourth-order valence-electron chi connectivity index (χ4n) is 1.99. The molecule has 1 unspecified atom stereocenters. The average molecular weight is 266 g/mol. The van der Waals surface area contributed by atoms with Gasteiger partial charge in [-0.1, -0.05) is 13.8 Å². The van der Waals surface area contributed by atoms with Crippen LogP contribution in [0.15, 0.2) is 0 Å². The van der Waals surface area contributed by atoms with Gasteiger partial charge >= 0.3 is 0 Å². The molecule has 6 nitrogen and oxygen atoms in total. The number of rotatable bonds is 5. The van der Waals surface area contributed by atoms with Crippen molar-refractivity contribution >= 4 is 11.8 Å². The number of nitrogens with one attached hydrogen (secondary N) is 3. The predicted octanol–water partition coefficient (Wildman–Crippen LogP) is 0.917. The quantitative estimate of drug-likeness (QED) is 0.740. The summed E-state index contributed by atoms with van der Waals surface area (Å²) in [7, 11) is 1.57. The fourth-order valence-corrected chi connectivity index (χ4v) is 1.99. The number of nitrogens with zero attached hydrogens (tertiary/aromatic N) is 1. The van der Waals surface area contributed by atoms with Crippen LogP contribution in [0.4, 0.5) is 0 Å². The topological polar surface area (TPSA) is 86.9 Å². The highest BCUT2D eigenvalue weighted by Crippen LogP contribution is 2.11. The van der Waals surface area contributed by atoms with Gasteiger partial charge in [-0.15, -0.1) is 0 Å². The van der Waals surface area contributed by atoms with Gasteiger partial charge in [0.05, 0.1) is 11.3 Å². The Labute approximate surface area is 113 Å². The lowest BCUT2D eigenvalue weighted by molar-refractivity contribution is -0.122. The van der Waals surface area contributed by atoms with E-state index < -0.39 is 6.04 Å². The van der Waals surface area contributed by atoms with E-state index in [1.54, 1.807) is 20.9 Å². The third kappa shape index (κ3) is 3.81. The standard InChI is InChI=1S/C13H22N4O2/c1-7(2)6-10(12(18)14-5)15-13(19)11-8(3)16-17-9(11)4/h7,10H,6H2,1-5H3,(H,14,18)(H,15,19)(H,16,17). The highest BCUT2D eigenvalue weighted by Gasteiger charge is 2.24. The van der Waals surface area contributed by atoms with Gasteiger partial charge in [-0.25, -0.2) is 0 Å². The lowest BCUT2D eigenvalue weighted by Crippen LogP contribution is -2.46. The number of amides is 2. The van der Waals surface area contributed by atoms with E-state index in [1.165, 1.54) is 0 Å². The predicted molar refractivity (Wildman–Crippen MR) is 72.8 cm³/mol. The molecule has 1 aromatic heterocycles. The molecule has 0 fully saturated rings. The SMILES string of the molecule is CNC(=O)C(CC(C)C)NC(=O)c1c(C)n[nH]c1C. The van der Waals surface area contributed by atoms with Crippen LogP contribution in [0.3, 0.4) is 0 Å². The molecule has 0 saturated carbocycles. The van der Waals surface area contributed by atoms with Crippen LogP contribution < -0.4 is 10.6 Å². The van der Waals surface area contributed by atoms with E-state index in [1.807, 2.05) is 13.8 Å². The molecule has 6 heteroatoms. The van der Waals surface area contributed by atoms with Gasteiger partial charge in [-0.3, -0.25) is 14.7 Å². The highest BCUT2D eigenvalue weighted by atomic mass is 16.2. The van der Waals surface area contributed by atoms with E-state index in [9.17, 15) is 9.59 Å². The molecule has 0 radical (unpaired) electrons. The Morgan fingerprint density at radius 1 is 1.32 bits per heavy atom. The van der Waals surface area contributed by atoms with Crippen LogP contribution in [0.25, 0.3) is 0 Å². The first-order valence-electron chi connectivity index (χ1n) is 6.40. The average Bonchev–Trinajstić information content (AvgIpc) is 2.66. The first-order chi connectivity index (χ1) is 8.86. The lowest BCUT2D eigenvalue weighted by atomic mass is 10.0. The first kappa shape index (κ1) is 15.2. The molecule has 1 atom stereocenters. The van der Waals surface area contributed by atoms with Crippen molar-refractivity contribution in [1.82, 2.24) is 20.8 Å². The van der Waals surface area contributed by atoms with Crippen LogP contribution in [0, 0.1) is 19.8 Å². The summed E-state index contributed by atoms with van der Waals surface area (Å²) < 4.78 is 0. The largest absolute Gasteiger partial charge is 0.357 e. The molecule has 0 spiro atoms. The van der Waals surface area contributed by atoms with Crippen molar-refractivity contribution in [3.63, 3.8) is 0 Å². The minimum Gasteiger partial charge on any atom is -0.357 e. The summed E-state index contributed by atoms with van der Waals surface area (Å²) in [4.78, 5) is 24.0. The van der Waals surface area contributed by atoms with Crippen LogP contribution in [0.1, 0.15) is 42.0 Å². The third-order valence-corrected chi connectivity index (χ3v) is 2.93. The number of aromatic nitrogens is 2. The number of carbonyl (C=O) groups excluding carboxylic acids is 2. The van der Waals surface area contributed by atoms with Gasteiger partial charge in [0, 0.05) is 12.7 Å². The number of hydrogen-bond acceptors (Lipinski definition) is 3. The summed E-state index contributed by atoms with van der Waals surface area (Å²) >= 11 is 0. The Morgan fingerprint density at radius 3 is 2.37 bits per heavy atom. The minimum absolute atomic E-state index is 0.180. The maximum atomic E-state index is 12.2. The molecule has 0 saturated heterocycles. The number of aryl methyl sites for hydroxylation is 2. The second-order valence-corrected chi connectivity index (χ2v) is 5.08. The molecule has 106 valence electrons. The molecule has 1 aromatic rings. The van der Waals surface area contributed by atoms with E-state index in [4.69, 9.17) is 0 Å². The number of likely N-dealkylation sites (N-methyl/N-ethyl adjacent to an activating group) is 1. The van der Waals surface area contributed by atoms with Crippen LogP contribution in [-0.4, -0.2) is 35.1 Å². The van der Waals surface area contributed by atoms with E-state index in [0.29, 0.717) is 29.3 Å². The molecule has 1 rings (SSSR count). The van der Waals surface area contributed by atoms with E-state index >= 15 is 0 Å². The number of aromatic amines is 1. The molecule has 0 aliphatic heterocycles. The van der Waals surface area contributed by atoms with Gasteiger partial charge in [-0.2, -0.15) is 5.10 Å². The van der Waals surface area contributed by atoms with Gasteiger partial charge in [-0.05, 0) is 26.2 Å². The Balaban J connectivity index is 2.85. The maximum Gasteiger partial charge on any atom is 0.255 e. The van der Waals surface area contributed by atoms with Crippen LogP contribution in [0.5, 0.6) is 0 Å². The maximum absolute atomic E-state index is 12.2. The molecule has 0 aliphatic rings. The zero-order valence-corrected chi connectivity index (χ0v) is 12.1. The Morgan fingerprint density at radius 2 is 1.95 bits per heavy atom. The first-order valence-corrected chi connectivity index (χ1v) is 6.40. The van der Waals surface area contributed by atoms with Crippen LogP contribution in [-0.2, 0) is 4.79 Å². The molecule has 19 heavy (non-hydrogen) atoms. The number of hydrogen-bond donors (Lipinski definition) is 3. The monoisotopic (exact) mass is 266 g/mol. The number of H-pyrrole nitrogens is 1. The minimum atomic E-state index is -0.522. The summed E-state index contributed by atoms with van der Waals surface area (Å²) in [5.74, 6) is -0.131. The molecule has 2 amide bonds. The zero-order chi connectivity index (χ0) is 14.6. The molecule has 3 N–H and O–H groups in total. The van der Waals surface area contributed by atoms with Crippen molar-refractivity contribution in [3.05, 3.63) is 17.0 Å². The summed E-state index contributed by atoms with van der Waals surface area (Å²) in [5.41, 5.74) is 1.85. The smallest absolute Gasteiger partial charge is 0.255 e. The molecule has 1 heterocycles. The van der Waals surface area contributed by atoms with Gasteiger partial charge < -0.3 is 10.6 Å². The summed E-state index contributed by atoms with van der Waals surface area (Å²) in [6.07, 6.45) is 0.599. The van der Waals surface area contributed by atoms with Crippen molar-refractivity contribution in [2.75, 3.05) is 7.05 Å². The molecule has 0 aromatic carbocycles. The zero-order valence-electron chi connectivity index (χ0n) is 12.1. The molecule has 0 bridgehead atoms. The van der Waals surface area contributed by atoms with Crippen molar-refractivity contribution < 1.29 is 9.59 Å². The van der Waals surface area contributed by atoms with Gasteiger partial charge in [0.2, 0.25) is 5.91 Å². The van der Waals surface area contributed by atoms with Crippen molar-refractivity contribution in [2.45, 2.75) is 40.2 Å². The molecular weight excluding hydrogens is 244 g/mol. The molecular formula is C13H22N4O2. The Bertz CT molecular complexity index is 446. The fraction of sp³-hybridized carbons (Fsp3) is 0.615. The van der Waals surface area contributed by atoms with E-state index in [0.717, 1.165) is 0 Å². The van der Waals surface area contributed by atoms with Gasteiger partial charge in [0.1, 0.15) is 6.04 Å². The van der Waals surface area contributed by atoms with Gasteiger partial charge in [0.25, 0.3) is 5.91 Å². The van der Waals surface area contributed by atoms with Crippen LogP contribution >= 0.6 is 0 Å². The number of carbonyl (C=O) groups is 2. The summed E-state index contributed by atoms with van der Waals surface area (Å²) in [6.45, 7) is 7.56. The Kier molecular flexibility index (Phi) is 5.09. The lowest BCUT2D eigenvalue weighted by Gasteiger charge is -2.19. The molecule has 0 aliphatic carbocycles. The normalized spacial score (nSPS) is 12.3. The van der Waals surface area contributed by atoms with Crippen molar-refractivity contribution in [3.8, 4) is 0 Å². The van der Waals surface area contributed by atoms with Crippen molar-refractivity contribution in [2.24, 2.45) is 5.92 Å². The van der Waals surface area contributed by atoms with E-state index in [2.05, 4.69) is 20.8 Å². The second-order valence-electron chi connectivity index (χ2n) is 5.08.